The van der Waals surface area contributed by atoms with Crippen molar-refractivity contribution in [3.05, 3.63) is 120 Å². The highest BCUT2D eigenvalue weighted by Gasteiger charge is 2.23. The van der Waals surface area contributed by atoms with Crippen LogP contribution in [0.3, 0.4) is 0 Å². The molecule has 0 amide bonds. The summed E-state index contributed by atoms with van der Waals surface area (Å²) in [5, 5.41) is 0. The lowest BCUT2D eigenvalue weighted by molar-refractivity contribution is 0.147. The molecule has 0 nitrogen and oxygen atoms in total. The third kappa shape index (κ3) is 5.74. The van der Waals surface area contributed by atoms with Crippen LogP contribution in [0.2, 0.25) is 0 Å². The van der Waals surface area contributed by atoms with Gasteiger partial charge in [0.25, 0.3) is 6.43 Å². The summed E-state index contributed by atoms with van der Waals surface area (Å²) >= 11 is 0. The van der Waals surface area contributed by atoms with E-state index in [2.05, 4.69) is 19.1 Å². The average Bonchev–Trinajstić information content (AvgIpc) is 2.87. The summed E-state index contributed by atoms with van der Waals surface area (Å²) in [4.78, 5) is 0. The van der Waals surface area contributed by atoms with Gasteiger partial charge < -0.3 is 0 Å². The van der Waals surface area contributed by atoms with Gasteiger partial charge in [0.05, 0.1) is 5.56 Å². The maximum absolute atomic E-state index is 15.5. The first kappa shape index (κ1) is 24.5. The molecular formula is C32H29F3. The zero-order chi connectivity index (χ0) is 24.8. The molecule has 4 rings (SSSR count). The van der Waals surface area contributed by atoms with Crippen LogP contribution in [0.25, 0.3) is 33.4 Å². The summed E-state index contributed by atoms with van der Waals surface area (Å²) in [5.74, 6) is -0.866. The summed E-state index contributed by atoms with van der Waals surface area (Å²) < 4.78 is 43.6. The second-order valence-electron chi connectivity index (χ2n) is 8.75. The van der Waals surface area contributed by atoms with Gasteiger partial charge in [-0.05, 0) is 59.6 Å². The summed E-state index contributed by atoms with van der Waals surface area (Å²) in [6.07, 6.45) is 4.17. The maximum atomic E-state index is 15.5. The van der Waals surface area contributed by atoms with Gasteiger partial charge in [0.2, 0.25) is 0 Å². The third-order valence-corrected chi connectivity index (χ3v) is 6.25. The minimum absolute atomic E-state index is 0.179. The zero-order valence-corrected chi connectivity index (χ0v) is 20.1. The van der Waals surface area contributed by atoms with Crippen LogP contribution in [0.15, 0.2) is 97.1 Å². The monoisotopic (exact) mass is 470 g/mol. The van der Waals surface area contributed by atoms with Crippen LogP contribution in [0.4, 0.5) is 13.2 Å². The van der Waals surface area contributed by atoms with E-state index in [4.69, 9.17) is 0 Å². The van der Waals surface area contributed by atoms with Crippen molar-refractivity contribution >= 4 is 0 Å². The van der Waals surface area contributed by atoms with Crippen molar-refractivity contribution in [2.75, 3.05) is 0 Å². The Bertz CT molecular complexity index is 1280. The molecule has 0 N–H and O–H groups in total. The molecule has 4 aromatic rings. The minimum atomic E-state index is -2.92. The van der Waals surface area contributed by atoms with Gasteiger partial charge in [0.15, 0.2) is 0 Å². The van der Waals surface area contributed by atoms with Crippen molar-refractivity contribution in [1.82, 2.24) is 0 Å². The van der Waals surface area contributed by atoms with E-state index in [9.17, 15) is 8.78 Å². The number of benzene rings is 4. The summed E-state index contributed by atoms with van der Waals surface area (Å²) in [5.41, 5.74) is 5.36. The number of halogens is 3. The number of hydrogen-bond acceptors (Lipinski definition) is 0. The van der Waals surface area contributed by atoms with Gasteiger partial charge >= 0.3 is 0 Å². The van der Waals surface area contributed by atoms with Crippen molar-refractivity contribution in [2.24, 2.45) is 0 Å². The molecule has 0 heterocycles. The lowest BCUT2D eigenvalue weighted by atomic mass is 9.92. The molecule has 0 bridgehead atoms. The van der Waals surface area contributed by atoms with E-state index in [1.807, 2.05) is 55.5 Å². The third-order valence-electron chi connectivity index (χ3n) is 6.25. The predicted molar refractivity (Wildman–Crippen MR) is 140 cm³/mol. The molecule has 0 aromatic heterocycles. The molecule has 3 heteroatoms. The summed E-state index contributed by atoms with van der Waals surface area (Å²) in [6, 6.07) is 26.1. The van der Waals surface area contributed by atoms with Crippen LogP contribution in [0, 0.1) is 12.7 Å². The Labute approximate surface area is 205 Å². The lowest BCUT2D eigenvalue weighted by Gasteiger charge is -2.15. The molecule has 0 aliphatic rings. The highest BCUT2D eigenvalue weighted by atomic mass is 19.3. The fraction of sp³-hybridized carbons (Fsp3) is 0.188. The van der Waals surface area contributed by atoms with Gasteiger partial charge in [-0.3, -0.25) is 0 Å². The normalized spacial score (nSPS) is 11.5. The molecule has 0 aliphatic carbocycles. The second kappa shape index (κ2) is 11.2. The van der Waals surface area contributed by atoms with Crippen LogP contribution >= 0.6 is 0 Å². The SMILES string of the molecule is CC/C=C/CCc1ccc(-c2ccc(-c3ccc(-c4ccc(C)cc4)cc3)c(F)c2C(F)F)cc1. The Balaban J connectivity index is 1.62. The molecule has 0 fully saturated rings. The van der Waals surface area contributed by atoms with Gasteiger partial charge in [-0.1, -0.05) is 110 Å². The number of rotatable bonds is 8. The van der Waals surface area contributed by atoms with E-state index < -0.39 is 17.8 Å². The van der Waals surface area contributed by atoms with E-state index in [1.54, 1.807) is 36.4 Å². The van der Waals surface area contributed by atoms with Gasteiger partial charge in [-0.25, -0.2) is 13.2 Å². The van der Waals surface area contributed by atoms with E-state index in [0.29, 0.717) is 11.1 Å². The van der Waals surface area contributed by atoms with E-state index in [-0.39, 0.29) is 11.1 Å². The Kier molecular flexibility index (Phi) is 7.87. The van der Waals surface area contributed by atoms with E-state index in [0.717, 1.165) is 36.0 Å². The van der Waals surface area contributed by atoms with Crippen LogP contribution < -0.4 is 0 Å². The quantitative estimate of drug-likeness (QED) is 0.225. The lowest BCUT2D eigenvalue weighted by Crippen LogP contribution is -1.99. The topological polar surface area (TPSA) is 0 Å². The molecule has 0 spiro atoms. The van der Waals surface area contributed by atoms with Crippen LogP contribution in [0.1, 0.15) is 42.9 Å². The zero-order valence-electron chi connectivity index (χ0n) is 20.1. The molecule has 0 radical (unpaired) electrons. The van der Waals surface area contributed by atoms with Crippen LogP contribution in [-0.2, 0) is 6.42 Å². The standard InChI is InChI=1S/C32H29F3/c1-3-4-5-6-7-23-10-14-26(15-11-23)28-20-21-29(31(33)30(28)32(34)35)27-18-16-25(17-19-27)24-12-8-22(2)9-13-24/h4-5,8-21,32H,3,6-7H2,1-2H3/b5-4+. The fourth-order valence-corrected chi connectivity index (χ4v) is 4.25. The average molecular weight is 471 g/mol. The second-order valence-corrected chi connectivity index (χ2v) is 8.75. The molecule has 4 aromatic carbocycles. The van der Waals surface area contributed by atoms with Gasteiger partial charge in [0.1, 0.15) is 5.82 Å². The van der Waals surface area contributed by atoms with Crippen LogP contribution in [0.5, 0.6) is 0 Å². The number of alkyl halides is 2. The van der Waals surface area contributed by atoms with Crippen molar-refractivity contribution in [1.29, 1.82) is 0 Å². The smallest absolute Gasteiger partial charge is 0.206 e. The Hall–Kier alpha value is -3.59. The van der Waals surface area contributed by atoms with Gasteiger partial charge in [-0.2, -0.15) is 0 Å². The van der Waals surface area contributed by atoms with Crippen molar-refractivity contribution in [3.63, 3.8) is 0 Å². The van der Waals surface area contributed by atoms with Gasteiger partial charge in [-0.15, -0.1) is 0 Å². The molecule has 0 unspecified atom stereocenters. The van der Waals surface area contributed by atoms with Crippen molar-refractivity contribution in [2.45, 2.75) is 39.5 Å². The highest BCUT2D eigenvalue weighted by Crippen LogP contribution is 2.38. The largest absolute Gasteiger partial charge is 0.267 e. The first-order valence-corrected chi connectivity index (χ1v) is 12.0. The molecule has 0 saturated heterocycles. The first-order valence-electron chi connectivity index (χ1n) is 12.0. The number of hydrogen-bond donors (Lipinski definition) is 0. The Morgan fingerprint density at radius 1 is 0.657 bits per heavy atom. The number of allylic oxidation sites excluding steroid dienone is 2. The Morgan fingerprint density at radius 2 is 1.17 bits per heavy atom. The highest BCUT2D eigenvalue weighted by molar-refractivity contribution is 5.76. The number of aryl methyl sites for hydroxylation is 2. The van der Waals surface area contributed by atoms with E-state index in [1.165, 1.54) is 5.56 Å². The molecule has 0 saturated carbocycles. The van der Waals surface area contributed by atoms with Gasteiger partial charge in [0, 0.05) is 5.56 Å². The van der Waals surface area contributed by atoms with Crippen molar-refractivity contribution < 1.29 is 13.2 Å². The fourth-order valence-electron chi connectivity index (χ4n) is 4.25. The first-order chi connectivity index (χ1) is 17.0. The van der Waals surface area contributed by atoms with Crippen molar-refractivity contribution in [3.8, 4) is 33.4 Å². The molecule has 0 aliphatic heterocycles. The predicted octanol–water partition coefficient (Wildman–Crippen LogP) is 9.97. The summed E-state index contributed by atoms with van der Waals surface area (Å²) in [7, 11) is 0. The maximum Gasteiger partial charge on any atom is 0.267 e. The van der Waals surface area contributed by atoms with Crippen LogP contribution in [-0.4, -0.2) is 0 Å². The minimum Gasteiger partial charge on any atom is -0.206 e. The summed E-state index contributed by atoms with van der Waals surface area (Å²) in [6.45, 7) is 4.12. The van der Waals surface area contributed by atoms with E-state index >= 15 is 4.39 Å². The molecule has 178 valence electrons. The Morgan fingerprint density at radius 3 is 1.77 bits per heavy atom. The molecule has 0 atom stereocenters. The molecule has 35 heavy (non-hydrogen) atoms. The molecular weight excluding hydrogens is 441 g/mol.